The van der Waals surface area contributed by atoms with E-state index < -0.39 is 15.8 Å². The second kappa shape index (κ2) is 9.60. The standard InChI is InChI=1S/C27H22FN5O4S/c1-16-7-6-10-22(24(16)28)32-38(35,36)23-14-18(15-30-25(23)37-2)17-11-12-21-20(13-17)26(34)33(27(29)31-21)19-8-4-3-5-9-19/h3-15,32H,1-2H3,(H2,29,31). The van der Waals surface area contributed by atoms with Crippen molar-refractivity contribution in [1.29, 1.82) is 0 Å². The fourth-order valence-electron chi connectivity index (χ4n) is 4.07. The summed E-state index contributed by atoms with van der Waals surface area (Å²) in [4.78, 5) is 21.6. The SMILES string of the molecule is COc1ncc(-c2ccc3nc(N)n(-c4ccccc4)c(=O)c3c2)cc1S(=O)(=O)Nc1cccc(C)c1F. The summed E-state index contributed by atoms with van der Waals surface area (Å²) in [5.41, 5.74) is 7.62. The maximum Gasteiger partial charge on any atom is 0.267 e. The fourth-order valence-corrected chi connectivity index (χ4v) is 5.28. The van der Waals surface area contributed by atoms with Gasteiger partial charge >= 0.3 is 0 Å². The Morgan fingerprint density at radius 3 is 2.50 bits per heavy atom. The van der Waals surface area contributed by atoms with Crippen LogP contribution in [-0.4, -0.2) is 30.1 Å². The highest BCUT2D eigenvalue weighted by molar-refractivity contribution is 7.92. The Hall–Kier alpha value is -4.77. The molecule has 2 aromatic heterocycles. The number of pyridine rings is 1. The Bertz CT molecular complexity index is 1860. The van der Waals surface area contributed by atoms with E-state index in [1.54, 1.807) is 48.5 Å². The topological polar surface area (TPSA) is 129 Å². The minimum atomic E-state index is -4.30. The van der Waals surface area contributed by atoms with Gasteiger partial charge in [-0.1, -0.05) is 36.4 Å². The minimum absolute atomic E-state index is 0.0374. The second-order valence-electron chi connectivity index (χ2n) is 8.45. The van der Waals surface area contributed by atoms with Crippen LogP contribution in [0.15, 0.2) is 88.7 Å². The van der Waals surface area contributed by atoms with Gasteiger partial charge in [-0.15, -0.1) is 0 Å². The first kappa shape index (κ1) is 24.9. The lowest BCUT2D eigenvalue weighted by molar-refractivity contribution is 0.385. The molecule has 0 spiro atoms. The summed E-state index contributed by atoms with van der Waals surface area (Å²) in [6, 6.07) is 19.5. The third-order valence-corrected chi connectivity index (χ3v) is 7.34. The molecule has 9 nitrogen and oxygen atoms in total. The van der Waals surface area contributed by atoms with Crippen LogP contribution in [0, 0.1) is 12.7 Å². The minimum Gasteiger partial charge on any atom is -0.480 e. The molecule has 0 amide bonds. The smallest absolute Gasteiger partial charge is 0.267 e. The molecule has 38 heavy (non-hydrogen) atoms. The number of aryl methyl sites for hydroxylation is 1. The zero-order valence-electron chi connectivity index (χ0n) is 20.3. The van der Waals surface area contributed by atoms with Crippen molar-refractivity contribution in [1.82, 2.24) is 14.5 Å². The number of nitrogens with two attached hydrogens (primary N) is 1. The van der Waals surface area contributed by atoms with Crippen LogP contribution in [0.25, 0.3) is 27.7 Å². The Morgan fingerprint density at radius 2 is 1.76 bits per heavy atom. The van der Waals surface area contributed by atoms with Crippen LogP contribution in [0.5, 0.6) is 5.88 Å². The highest BCUT2D eigenvalue weighted by atomic mass is 32.2. The molecule has 5 aromatic rings. The average Bonchev–Trinajstić information content (AvgIpc) is 2.91. The number of anilines is 2. The number of ether oxygens (including phenoxy) is 1. The highest BCUT2D eigenvalue weighted by Crippen LogP contribution is 2.31. The molecule has 11 heteroatoms. The molecule has 0 radical (unpaired) electrons. The van der Waals surface area contributed by atoms with Gasteiger partial charge < -0.3 is 10.5 Å². The van der Waals surface area contributed by atoms with E-state index in [0.29, 0.717) is 22.3 Å². The predicted molar refractivity (Wildman–Crippen MR) is 143 cm³/mol. The van der Waals surface area contributed by atoms with Gasteiger partial charge in [0.15, 0.2) is 0 Å². The van der Waals surface area contributed by atoms with Gasteiger partial charge in [-0.25, -0.2) is 27.3 Å². The number of nitrogen functional groups attached to an aromatic ring is 1. The van der Waals surface area contributed by atoms with Gasteiger partial charge in [-0.2, -0.15) is 0 Å². The molecule has 0 saturated heterocycles. The summed E-state index contributed by atoms with van der Waals surface area (Å²) in [7, 11) is -3.01. The maximum absolute atomic E-state index is 14.5. The van der Waals surface area contributed by atoms with Crippen LogP contribution >= 0.6 is 0 Å². The van der Waals surface area contributed by atoms with Crippen molar-refractivity contribution < 1.29 is 17.5 Å². The molecule has 0 unspecified atom stereocenters. The number of benzene rings is 3. The van der Waals surface area contributed by atoms with E-state index >= 15 is 0 Å². The Kier molecular flexibility index (Phi) is 6.29. The molecule has 0 aliphatic heterocycles. The van der Waals surface area contributed by atoms with Gasteiger partial charge in [0.05, 0.1) is 29.4 Å². The zero-order valence-corrected chi connectivity index (χ0v) is 21.2. The number of hydrogen-bond acceptors (Lipinski definition) is 7. The van der Waals surface area contributed by atoms with E-state index in [2.05, 4.69) is 14.7 Å². The molecule has 0 saturated carbocycles. The number of aromatic nitrogens is 3. The number of rotatable bonds is 6. The normalized spacial score (nSPS) is 11.4. The Labute approximate surface area is 217 Å². The summed E-state index contributed by atoms with van der Waals surface area (Å²) in [6.45, 7) is 1.53. The Balaban J connectivity index is 1.62. The number of sulfonamides is 1. The average molecular weight is 532 g/mol. The first-order valence-corrected chi connectivity index (χ1v) is 12.9. The van der Waals surface area contributed by atoms with Gasteiger partial charge in [-0.05, 0) is 54.4 Å². The van der Waals surface area contributed by atoms with Crippen molar-refractivity contribution in [3.05, 3.63) is 101 Å². The van der Waals surface area contributed by atoms with Crippen molar-refractivity contribution >= 4 is 32.6 Å². The molecule has 0 fully saturated rings. The number of hydrogen-bond donors (Lipinski definition) is 2. The van der Waals surface area contributed by atoms with Crippen molar-refractivity contribution in [2.75, 3.05) is 17.6 Å². The largest absolute Gasteiger partial charge is 0.480 e. The van der Waals surface area contributed by atoms with Gasteiger partial charge in [0.2, 0.25) is 11.8 Å². The van der Waals surface area contributed by atoms with Crippen LogP contribution < -0.4 is 20.8 Å². The van der Waals surface area contributed by atoms with E-state index in [-0.39, 0.29) is 38.9 Å². The van der Waals surface area contributed by atoms with Crippen molar-refractivity contribution in [3.63, 3.8) is 0 Å². The molecule has 0 atom stereocenters. The third kappa shape index (κ3) is 4.43. The first-order valence-electron chi connectivity index (χ1n) is 11.4. The number of methoxy groups -OCH3 is 1. The first-order chi connectivity index (χ1) is 18.2. The molecule has 3 aromatic carbocycles. The van der Waals surface area contributed by atoms with Gasteiger partial charge in [0.25, 0.3) is 15.6 Å². The molecule has 3 N–H and O–H groups in total. The number of halogens is 1. The lowest BCUT2D eigenvalue weighted by Crippen LogP contribution is -2.23. The summed E-state index contributed by atoms with van der Waals surface area (Å²) in [5, 5.41) is 0.278. The molecule has 0 aliphatic carbocycles. The second-order valence-corrected chi connectivity index (χ2v) is 10.1. The van der Waals surface area contributed by atoms with Crippen molar-refractivity contribution in [2.45, 2.75) is 11.8 Å². The fraction of sp³-hybridized carbons (Fsp3) is 0.0741. The Morgan fingerprint density at radius 1 is 1.00 bits per heavy atom. The molecule has 0 bridgehead atoms. The summed E-state index contributed by atoms with van der Waals surface area (Å²) in [6.07, 6.45) is 1.42. The van der Waals surface area contributed by atoms with E-state index in [1.807, 2.05) is 6.07 Å². The maximum atomic E-state index is 14.5. The van der Waals surface area contributed by atoms with E-state index in [4.69, 9.17) is 10.5 Å². The number of nitrogens with zero attached hydrogens (tertiary/aromatic N) is 3. The van der Waals surface area contributed by atoms with Crippen LogP contribution in [0.2, 0.25) is 0 Å². The van der Waals surface area contributed by atoms with Gasteiger partial charge in [0.1, 0.15) is 10.7 Å². The lowest BCUT2D eigenvalue weighted by atomic mass is 10.1. The molecular weight excluding hydrogens is 509 g/mol. The van der Waals surface area contributed by atoms with Crippen LogP contribution in [0.3, 0.4) is 0 Å². The number of nitrogens with one attached hydrogen (secondary N) is 1. The zero-order chi connectivity index (χ0) is 27.0. The quantitative estimate of drug-likeness (QED) is 0.334. The molecule has 192 valence electrons. The molecular formula is C27H22FN5O4S. The lowest BCUT2D eigenvalue weighted by Gasteiger charge is -2.14. The van der Waals surface area contributed by atoms with Crippen molar-refractivity contribution in [2.24, 2.45) is 0 Å². The van der Waals surface area contributed by atoms with E-state index in [1.165, 1.54) is 43.0 Å². The van der Waals surface area contributed by atoms with Crippen LogP contribution in [0.4, 0.5) is 16.0 Å². The van der Waals surface area contributed by atoms with E-state index in [0.717, 1.165) is 0 Å². The highest BCUT2D eigenvalue weighted by Gasteiger charge is 2.24. The van der Waals surface area contributed by atoms with Crippen LogP contribution in [-0.2, 0) is 10.0 Å². The van der Waals surface area contributed by atoms with E-state index in [9.17, 15) is 17.6 Å². The molecule has 0 aliphatic rings. The summed E-state index contributed by atoms with van der Waals surface area (Å²) < 4.78 is 49.8. The number of fused-ring (bicyclic) bond motifs is 1. The van der Waals surface area contributed by atoms with Gasteiger partial charge in [-0.3, -0.25) is 9.52 Å². The van der Waals surface area contributed by atoms with Crippen LogP contribution in [0.1, 0.15) is 5.56 Å². The number of para-hydroxylation sites is 1. The molecule has 2 heterocycles. The predicted octanol–water partition coefficient (Wildman–Crippen LogP) is 4.29. The summed E-state index contributed by atoms with van der Waals surface area (Å²) in [5.74, 6) is -0.818. The third-order valence-electron chi connectivity index (χ3n) is 5.98. The monoisotopic (exact) mass is 531 g/mol. The molecule has 5 rings (SSSR count). The summed E-state index contributed by atoms with van der Waals surface area (Å²) >= 11 is 0. The van der Waals surface area contributed by atoms with Gasteiger partial charge in [0, 0.05) is 11.8 Å². The van der Waals surface area contributed by atoms with Crippen molar-refractivity contribution in [3.8, 4) is 22.7 Å².